The largest absolute Gasteiger partial charge is 0.325 e. The lowest BCUT2D eigenvalue weighted by atomic mass is 10.2. The van der Waals surface area contributed by atoms with E-state index in [9.17, 15) is 14.0 Å². The smallest absolute Gasteiger partial charge is 0.250 e. The zero-order valence-corrected chi connectivity index (χ0v) is 16.1. The van der Waals surface area contributed by atoms with Gasteiger partial charge in [-0.2, -0.15) is 0 Å². The molecule has 0 aliphatic rings. The summed E-state index contributed by atoms with van der Waals surface area (Å²) < 4.78 is 13.4. The normalized spacial score (nSPS) is 10.8. The van der Waals surface area contributed by atoms with Crippen molar-refractivity contribution in [2.75, 3.05) is 16.4 Å². The summed E-state index contributed by atoms with van der Waals surface area (Å²) in [5.74, 6) is -0.809. The fourth-order valence-corrected chi connectivity index (χ4v) is 3.61. The van der Waals surface area contributed by atoms with Crippen LogP contribution in [0.25, 0.3) is 6.08 Å². The molecular formula is C19H15FN4O2S2. The van der Waals surface area contributed by atoms with Crippen LogP contribution in [0.5, 0.6) is 0 Å². The molecule has 0 aliphatic carbocycles. The van der Waals surface area contributed by atoms with Crippen LogP contribution in [0.4, 0.5) is 15.2 Å². The topological polar surface area (TPSA) is 84.0 Å². The number of thioether (sulfide) groups is 1. The number of halogens is 1. The van der Waals surface area contributed by atoms with Crippen LogP contribution in [-0.4, -0.2) is 27.8 Å². The molecule has 1 aromatic heterocycles. The zero-order valence-electron chi connectivity index (χ0n) is 14.5. The van der Waals surface area contributed by atoms with Crippen LogP contribution in [0.2, 0.25) is 0 Å². The van der Waals surface area contributed by atoms with Crippen molar-refractivity contribution in [1.82, 2.24) is 10.2 Å². The molecule has 0 bridgehead atoms. The van der Waals surface area contributed by atoms with Gasteiger partial charge in [-0.25, -0.2) is 4.39 Å². The van der Waals surface area contributed by atoms with E-state index in [0.717, 1.165) is 5.56 Å². The van der Waals surface area contributed by atoms with Crippen molar-refractivity contribution < 1.29 is 14.0 Å². The Morgan fingerprint density at radius 2 is 1.79 bits per heavy atom. The molecular weight excluding hydrogens is 399 g/mol. The van der Waals surface area contributed by atoms with Crippen molar-refractivity contribution in [3.8, 4) is 0 Å². The molecule has 142 valence electrons. The van der Waals surface area contributed by atoms with Crippen molar-refractivity contribution in [2.45, 2.75) is 4.34 Å². The number of benzene rings is 2. The average molecular weight is 414 g/mol. The second kappa shape index (κ2) is 9.77. The van der Waals surface area contributed by atoms with E-state index in [-0.39, 0.29) is 23.4 Å². The van der Waals surface area contributed by atoms with Gasteiger partial charge in [0.1, 0.15) is 5.82 Å². The van der Waals surface area contributed by atoms with E-state index in [0.29, 0.717) is 15.2 Å². The monoisotopic (exact) mass is 414 g/mol. The van der Waals surface area contributed by atoms with Gasteiger partial charge in [-0.05, 0) is 35.9 Å². The van der Waals surface area contributed by atoms with Gasteiger partial charge in [0.25, 0.3) is 0 Å². The van der Waals surface area contributed by atoms with Crippen molar-refractivity contribution in [3.05, 3.63) is 72.1 Å². The van der Waals surface area contributed by atoms with Gasteiger partial charge in [0, 0.05) is 11.8 Å². The number of anilines is 2. The zero-order chi connectivity index (χ0) is 19.8. The van der Waals surface area contributed by atoms with Crippen molar-refractivity contribution >= 4 is 51.8 Å². The van der Waals surface area contributed by atoms with Gasteiger partial charge in [-0.3, -0.25) is 14.9 Å². The minimum absolute atomic E-state index is 0.119. The number of nitrogens with one attached hydrogen (secondary N) is 2. The number of carbonyl (C=O) groups is 2. The third-order valence-electron chi connectivity index (χ3n) is 3.32. The van der Waals surface area contributed by atoms with E-state index in [1.807, 2.05) is 30.3 Å². The Bertz CT molecular complexity index is 975. The molecule has 0 radical (unpaired) electrons. The summed E-state index contributed by atoms with van der Waals surface area (Å²) in [5.41, 5.74) is 1.43. The second-order valence-electron chi connectivity index (χ2n) is 5.45. The van der Waals surface area contributed by atoms with Gasteiger partial charge >= 0.3 is 0 Å². The molecule has 0 atom stereocenters. The van der Waals surface area contributed by atoms with Gasteiger partial charge in [0.05, 0.1) is 5.75 Å². The molecule has 2 aromatic carbocycles. The summed E-state index contributed by atoms with van der Waals surface area (Å²) in [5, 5.41) is 13.5. The first-order valence-electron chi connectivity index (χ1n) is 8.14. The van der Waals surface area contributed by atoms with Gasteiger partial charge in [-0.1, -0.05) is 53.4 Å². The summed E-state index contributed by atoms with van der Waals surface area (Å²) in [4.78, 5) is 23.9. The molecule has 0 saturated heterocycles. The highest BCUT2D eigenvalue weighted by molar-refractivity contribution is 8.01. The molecule has 2 amide bonds. The van der Waals surface area contributed by atoms with Crippen LogP contribution < -0.4 is 10.6 Å². The lowest BCUT2D eigenvalue weighted by Gasteiger charge is -2.03. The second-order valence-corrected chi connectivity index (χ2v) is 7.65. The van der Waals surface area contributed by atoms with E-state index < -0.39 is 0 Å². The molecule has 3 aromatic rings. The number of carbonyl (C=O) groups excluding carboxylic acids is 2. The number of aromatic nitrogens is 2. The summed E-state index contributed by atoms with van der Waals surface area (Å²) in [7, 11) is 0. The van der Waals surface area contributed by atoms with Crippen molar-refractivity contribution in [2.24, 2.45) is 0 Å². The first-order valence-corrected chi connectivity index (χ1v) is 9.94. The molecule has 0 spiro atoms. The Morgan fingerprint density at radius 3 is 2.54 bits per heavy atom. The molecule has 2 N–H and O–H groups in total. The molecule has 0 aliphatic heterocycles. The van der Waals surface area contributed by atoms with Crippen LogP contribution in [0.3, 0.4) is 0 Å². The summed E-state index contributed by atoms with van der Waals surface area (Å²) in [6.07, 6.45) is 3.12. The van der Waals surface area contributed by atoms with Crippen molar-refractivity contribution in [1.29, 1.82) is 0 Å². The number of hydrogen-bond acceptors (Lipinski definition) is 6. The van der Waals surface area contributed by atoms with Gasteiger partial charge in [-0.15, -0.1) is 10.2 Å². The average Bonchev–Trinajstić information content (AvgIpc) is 3.15. The van der Waals surface area contributed by atoms with Crippen molar-refractivity contribution in [3.63, 3.8) is 0 Å². The number of hydrogen-bond donors (Lipinski definition) is 2. The maximum atomic E-state index is 12.9. The van der Waals surface area contributed by atoms with E-state index in [1.54, 1.807) is 6.08 Å². The molecule has 0 saturated carbocycles. The Kier molecular flexibility index (Phi) is 6.88. The van der Waals surface area contributed by atoms with Gasteiger partial charge < -0.3 is 5.32 Å². The van der Waals surface area contributed by atoms with Gasteiger partial charge in [0.2, 0.25) is 16.9 Å². The molecule has 0 unspecified atom stereocenters. The maximum Gasteiger partial charge on any atom is 0.250 e. The molecule has 0 fully saturated rings. The third-order valence-corrected chi connectivity index (χ3v) is 5.29. The molecule has 9 heteroatoms. The minimum Gasteiger partial charge on any atom is -0.325 e. The van der Waals surface area contributed by atoms with Crippen LogP contribution in [0.1, 0.15) is 5.56 Å². The van der Waals surface area contributed by atoms with Crippen LogP contribution in [0, 0.1) is 5.82 Å². The first-order chi connectivity index (χ1) is 13.6. The van der Waals surface area contributed by atoms with E-state index in [4.69, 9.17) is 0 Å². The van der Waals surface area contributed by atoms with E-state index in [1.165, 1.54) is 53.4 Å². The van der Waals surface area contributed by atoms with Crippen LogP contribution in [-0.2, 0) is 9.59 Å². The molecule has 3 rings (SSSR count). The molecule has 6 nitrogen and oxygen atoms in total. The summed E-state index contributed by atoms with van der Waals surface area (Å²) in [6, 6.07) is 15.0. The predicted molar refractivity (Wildman–Crippen MR) is 110 cm³/mol. The standard InChI is InChI=1S/C19H15FN4O2S2/c20-14-7-9-15(10-8-14)21-17(26)12-27-19-24-23-18(28-19)22-16(25)11-6-13-4-2-1-3-5-13/h1-11H,12H2,(H,21,26)(H,22,23,25)/b11-6+. The first kappa shape index (κ1) is 19.7. The number of nitrogens with zero attached hydrogens (tertiary/aromatic N) is 2. The Morgan fingerprint density at radius 1 is 1.04 bits per heavy atom. The quantitative estimate of drug-likeness (QED) is 0.346. The Balaban J connectivity index is 1.46. The lowest BCUT2D eigenvalue weighted by molar-refractivity contribution is -0.114. The Labute approximate surface area is 168 Å². The minimum atomic E-state index is -0.366. The fraction of sp³-hybridized carbons (Fsp3) is 0.0526. The fourth-order valence-electron chi connectivity index (χ4n) is 2.06. The van der Waals surface area contributed by atoms with Crippen LogP contribution in [0.15, 0.2) is 65.0 Å². The summed E-state index contributed by atoms with van der Waals surface area (Å²) >= 11 is 2.38. The predicted octanol–water partition coefficient (Wildman–Crippen LogP) is 4.06. The van der Waals surface area contributed by atoms with E-state index >= 15 is 0 Å². The summed E-state index contributed by atoms with van der Waals surface area (Å²) in [6.45, 7) is 0. The van der Waals surface area contributed by atoms with Crippen LogP contribution >= 0.6 is 23.1 Å². The SMILES string of the molecule is O=C(/C=C/c1ccccc1)Nc1nnc(SCC(=O)Nc2ccc(F)cc2)s1. The maximum absolute atomic E-state index is 12.9. The Hall–Kier alpha value is -3.04. The number of amides is 2. The third kappa shape index (κ3) is 6.29. The lowest BCUT2D eigenvalue weighted by Crippen LogP contribution is -2.13. The highest BCUT2D eigenvalue weighted by Gasteiger charge is 2.10. The highest BCUT2D eigenvalue weighted by Crippen LogP contribution is 2.25. The molecule has 28 heavy (non-hydrogen) atoms. The van der Waals surface area contributed by atoms with Gasteiger partial charge in [0.15, 0.2) is 4.34 Å². The highest BCUT2D eigenvalue weighted by atomic mass is 32.2. The number of rotatable bonds is 7. The van der Waals surface area contributed by atoms with E-state index in [2.05, 4.69) is 20.8 Å². The molecule has 1 heterocycles.